The van der Waals surface area contributed by atoms with Crippen LogP contribution in [0.2, 0.25) is 5.02 Å². The minimum atomic E-state index is -3.62. The number of rotatable bonds is 3. The minimum Gasteiger partial charge on any atom is -0.281 e. The molecule has 84 valence electrons. The van der Waals surface area contributed by atoms with E-state index < -0.39 is 21.1 Å². The predicted molar refractivity (Wildman–Crippen MR) is 59.4 cm³/mol. The first-order chi connectivity index (χ1) is 6.85. The largest absolute Gasteiger partial charge is 0.281 e. The molecule has 1 rings (SSSR count). The number of benzene rings is 1. The highest BCUT2D eigenvalue weighted by Gasteiger charge is 2.12. The lowest BCUT2D eigenvalue weighted by atomic mass is 10.2. The average molecular weight is 272 g/mol. The molecule has 1 aromatic carbocycles. The van der Waals surface area contributed by atoms with Gasteiger partial charge >= 0.3 is 0 Å². The molecule has 3 nitrogen and oxygen atoms in total. The van der Waals surface area contributed by atoms with Crippen molar-refractivity contribution in [3.05, 3.63) is 28.5 Å². The van der Waals surface area contributed by atoms with Gasteiger partial charge in [-0.2, -0.15) is 0 Å². The lowest BCUT2D eigenvalue weighted by molar-refractivity contribution is 0.605. The molecule has 0 bridgehead atoms. The zero-order valence-electron chi connectivity index (χ0n) is 7.72. The van der Waals surface area contributed by atoms with E-state index in [2.05, 4.69) is 4.72 Å². The summed E-state index contributed by atoms with van der Waals surface area (Å²) in [6.45, 7) is 1.50. The fraction of sp³-hybridized carbons (Fsp3) is 0.250. The third-order valence-electron chi connectivity index (χ3n) is 1.66. The Labute approximate surface area is 97.2 Å². The number of anilines is 1. The maximum atomic E-state index is 13.0. The van der Waals surface area contributed by atoms with Gasteiger partial charge in [0.15, 0.2) is 0 Å². The maximum Gasteiger partial charge on any atom is 0.246 e. The van der Waals surface area contributed by atoms with Crippen molar-refractivity contribution in [2.24, 2.45) is 0 Å². The number of hydrogen-bond donors (Lipinski definition) is 1. The van der Waals surface area contributed by atoms with Crippen molar-refractivity contribution in [2.45, 2.75) is 6.92 Å². The second-order valence-electron chi connectivity index (χ2n) is 2.91. The summed E-state index contributed by atoms with van der Waals surface area (Å²) < 4.78 is 37.4. The smallest absolute Gasteiger partial charge is 0.246 e. The summed E-state index contributed by atoms with van der Waals surface area (Å²) in [5.41, 5.74) is 0.419. The van der Waals surface area contributed by atoms with Crippen molar-refractivity contribution < 1.29 is 12.8 Å². The van der Waals surface area contributed by atoms with Crippen LogP contribution in [0.1, 0.15) is 5.56 Å². The molecule has 0 aromatic heterocycles. The van der Waals surface area contributed by atoms with Crippen LogP contribution in [0.3, 0.4) is 0 Å². The summed E-state index contributed by atoms with van der Waals surface area (Å²) in [6, 6.07) is 2.35. The van der Waals surface area contributed by atoms with E-state index in [0.29, 0.717) is 5.56 Å². The van der Waals surface area contributed by atoms with E-state index in [0.717, 1.165) is 6.07 Å². The highest BCUT2D eigenvalue weighted by molar-refractivity contribution is 7.93. The Morgan fingerprint density at radius 3 is 2.60 bits per heavy atom. The molecule has 0 saturated carbocycles. The molecule has 1 N–H and O–H groups in total. The van der Waals surface area contributed by atoms with E-state index in [1.807, 2.05) is 0 Å². The van der Waals surface area contributed by atoms with Crippen molar-refractivity contribution in [2.75, 3.05) is 9.93 Å². The van der Waals surface area contributed by atoms with Crippen LogP contribution in [0.25, 0.3) is 0 Å². The molecule has 0 radical (unpaired) electrons. The fourth-order valence-corrected chi connectivity index (χ4v) is 1.91. The Kier molecular flexibility index (Phi) is 3.81. The first kappa shape index (κ1) is 12.5. The average Bonchev–Trinajstić information content (AvgIpc) is 2.14. The molecule has 0 amide bonds. The Balaban J connectivity index is 3.12. The molecule has 0 heterocycles. The Bertz CT molecular complexity index is 476. The Hall–Kier alpha value is -0.520. The van der Waals surface area contributed by atoms with Gasteiger partial charge in [-0.3, -0.25) is 4.72 Å². The van der Waals surface area contributed by atoms with E-state index in [1.165, 1.54) is 13.0 Å². The monoisotopic (exact) mass is 271 g/mol. The Morgan fingerprint density at radius 1 is 1.47 bits per heavy atom. The molecular weight excluding hydrogens is 264 g/mol. The van der Waals surface area contributed by atoms with Gasteiger partial charge in [-0.1, -0.05) is 11.6 Å². The quantitative estimate of drug-likeness (QED) is 0.860. The van der Waals surface area contributed by atoms with Crippen LogP contribution in [0.5, 0.6) is 0 Å². The van der Waals surface area contributed by atoms with E-state index in [4.69, 9.17) is 23.2 Å². The number of aryl methyl sites for hydroxylation is 1. The van der Waals surface area contributed by atoms with E-state index in [9.17, 15) is 12.8 Å². The molecule has 0 saturated heterocycles. The molecule has 0 spiro atoms. The van der Waals surface area contributed by atoms with E-state index in [-0.39, 0.29) is 10.7 Å². The summed E-state index contributed by atoms with van der Waals surface area (Å²) in [5, 5.41) is -0.591. The van der Waals surface area contributed by atoms with E-state index >= 15 is 0 Å². The molecule has 0 unspecified atom stereocenters. The van der Waals surface area contributed by atoms with Crippen molar-refractivity contribution in [1.82, 2.24) is 0 Å². The second kappa shape index (κ2) is 4.55. The molecule has 7 heteroatoms. The van der Waals surface area contributed by atoms with Crippen LogP contribution in [-0.4, -0.2) is 13.6 Å². The summed E-state index contributed by atoms with van der Waals surface area (Å²) >= 11 is 10.9. The molecule has 0 aliphatic carbocycles. The third kappa shape index (κ3) is 3.22. The molecule has 15 heavy (non-hydrogen) atoms. The van der Waals surface area contributed by atoms with Crippen LogP contribution in [-0.2, 0) is 10.0 Å². The maximum absolute atomic E-state index is 13.0. The highest BCUT2D eigenvalue weighted by Crippen LogP contribution is 2.26. The van der Waals surface area contributed by atoms with Gasteiger partial charge in [0.2, 0.25) is 10.0 Å². The SMILES string of the molecule is Cc1cc(NS(=O)(=O)CCl)c(Cl)cc1F. The molecule has 0 atom stereocenters. The zero-order chi connectivity index (χ0) is 11.6. The summed E-state index contributed by atoms with van der Waals surface area (Å²) in [6.07, 6.45) is 0. The Morgan fingerprint density at radius 2 is 2.07 bits per heavy atom. The lowest BCUT2D eigenvalue weighted by Crippen LogP contribution is -2.14. The van der Waals surface area contributed by atoms with Crippen LogP contribution in [0, 0.1) is 12.7 Å². The molecular formula is C8H8Cl2FNO2S. The number of hydrogen-bond acceptors (Lipinski definition) is 2. The van der Waals surface area contributed by atoms with Gasteiger partial charge in [-0.25, -0.2) is 12.8 Å². The highest BCUT2D eigenvalue weighted by atomic mass is 35.5. The lowest BCUT2D eigenvalue weighted by Gasteiger charge is -2.08. The molecule has 0 fully saturated rings. The van der Waals surface area contributed by atoms with Crippen LogP contribution in [0.15, 0.2) is 12.1 Å². The van der Waals surface area contributed by atoms with E-state index in [1.54, 1.807) is 0 Å². The zero-order valence-corrected chi connectivity index (χ0v) is 10.0. The summed E-state index contributed by atoms with van der Waals surface area (Å²) in [4.78, 5) is 0. The van der Waals surface area contributed by atoms with Gasteiger partial charge in [-0.15, -0.1) is 11.6 Å². The van der Waals surface area contributed by atoms with Gasteiger partial charge in [0.1, 0.15) is 11.0 Å². The number of halogens is 3. The van der Waals surface area contributed by atoms with Crippen LogP contribution < -0.4 is 4.72 Å². The topological polar surface area (TPSA) is 46.2 Å². The minimum absolute atomic E-state index is 0.00760. The molecule has 1 aromatic rings. The predicted octanol–water partition coefficient (Wildman–Crippen LogP) is 2.73. The number of sulfonamides is 1. The van der Waals surface area contributed by atoms with Crippen LogP contribution >= 0.6 is 23.2 Å². The third-order valence-corrected chi connectivity index (χ3v) is 3.65. The normalized spacial score (nSPS) is 11.5. The standard InChI is InChI=1S/C8H8Cl2FNO2S/c1-5-2-8(6(10)3-7(5)11)12-15(13,14)4-9/h2-3,12H,4H2,1H3. The molecule has 0 aliphatic rings. The summed E-state index contributed by atoms with van der Waals surface area (Å²) in [7, 11) is -3.62. The number of nitrogens with one attached hydrogen (secondary N) is 1. The van der Waals surface area contributed by atoms with Gasteiger partial charge in [0, 0.05) is 0 Å². The van der Waals surface area contributed by atoms with Crippen molar-refractivity contribution in [1.29, 1.82) is 0 Å². The fourth-order valence-electron chi connectivity index (χ4n) is 0.930. The van der Waals surface area contributed by atoms with Crippen molar-refractivity contribution in [3.63, 3.8) is 0 Å². The first-order valence-corrected chi connectivity index (χ1v) is 6.44. The first-order valence-electron chi connectivity index (χ1n) is 3.88. The van der Waals surface area contributed by atoms with Crippen molar-refractivity contribution in [3.8, 4) is 0 Å². The van der Waals surface area contributed by atoms with Gasteiger partial charge in [0.25, 0.3) is 0 Å². The molecule has 0 aliphatic heterocycles. The van der Waals surface area contributed by atoms with Gasteiger partial charge in [0.05, 0.1) is 10.7 Å². The van der Waals surface area contributed by atoms with Gasteiger partial charge < -0.3 is 0 Å². The van der Waals surface area contributed by atoms with Crippen molar-refractivity contribution >= 4 is 38.9 Å². The second-order valence-corrected chi connectivity index (χ2v) is 5.62. The number of alkyl halides is 1. The summed E-state index contributed by atoms with van der Waals surface area (Å²) in [5.74, 6) is -0.492. The van der Waals surface area contributed by atoms with Gasteiger partial charge in [-0.05, 0) is 24.6 Å². The van der Waals surface area contributed by atoms with Crippen LogP contribution in [0.4, 0.5) is 10.1 Å².